The van der Waals surface area contributed by atoms with E-state index in [1.807, 2.05) is 6.92 Å². The predicted octanol–water partition coefficient (Wildman–Crippen LogP) is 3.09. The Morgan fingerprint density at radius 2 is 2.05 bits per heavy atom. The van der Waals surface area contributed by atoms with Crippen molar-refractivity contribution in [3.05, 3.63) is 17.0 Å². The van der Waals surface area contributed by atoms with Crippen LogP contribution in [0.5, 0.6) is 0 Å². The van der Waals surface area contributed by atoms with Gasteiger partial charge in [-0.1, -0.05) is 13.3 Å². The van der Waals surface area contributed by atoms with Gasteiger partial charge in [-0.2, -0.15) is 18.3 Å². The molecule has 0 unspecified atom stereocenters. The molecule has 0 saturated carbocycles. The molecule has 1 aliphatic rings. The van der Waals surface area contributed by atoms with E-state index in [2.05, 4.69) is 10.4 Å². The summed E-state index contributed by atoms with van der Waals surface area (Å²) < 4.78 is 40.5. The number of carbonyl (C=O) groups is 1. The molecule has 0 aliphatic heterocycles. The van der Waals surface area contributed by atoms with Gasteiger partial charge in [-0.05, 0) is 32.1 Å². The lowest BCUT2D eigenvalue weighted by molar-refractivity contribution is -0.142. The number of rotatable bonds is 6. The first-order valence-corrected chi connectivity index (χ1v) is 7.86. The van der Waals surface area contributed by atoms with Gasteiger partial charge in [0, 0.05) is 24.2 Å². The van der Waals surface area contributed by atoms with Crippen molar-refractivity contribution in [1.82, 2.24) is 15.1 Å². The number of unbranched alkanes of at least 4 members (excludes halogenated alkanes) is 1. The van der Waals surface area contributed by atoms with Gasteiger partial charge in [0.1, 0.15) is 0 Å². The van der Waals surface area contributed by atoms with Crippen molar-refractivity contribution in [2.75, 3.05) is 6.54 Å². The number of alkyl halides is 3. The van der Waals surface area contributed by atoms with Crippen LogP contribution in [-0.2, 0) is 30.4 Å². The molecule has 1 amide bonds. The minimum absolute atomic E-state index is 0.0566. The molecule has 4 nitrogen and oxygen atoms in total. The van der Waals surface area contributed by atoms with Gasteiger partial charge in [-0.25, -0.2) is 0 Å². The number of nitrogens with one attached hydrogen (secondary N) is 1. The SMILES string of the molecule is CCCCC(=O)NCCn1nc(C(F)(F)F)c2c1CCCC2. The van der Waals surface area contributed by atoms with E-state index in [4.69, 9.17) is 0 Å². The van der Waals surface area contributed by atoms with Crippen molar-refractivity contribution in [3.63, 3.8) is 0 Å². The van der Waals surface area contributed by atoms with Crippen molar-refractivity contribution in [1.29, 1.82) is 0 Å². The van der Waals surface area contributed by atoms with E-state index < -0.39 is 11.9 Å². The average molecular weight is 317 g/mol. The molecule has 1 aliphatic carbocycles. The second kappa shape index (κ2) is 7.15. The Labute approximate surface area is 128 Å². The zero-order chi connectivity index (χ0) is 16.2. The molecule has 1 aromatic heterocycles. The zero-order valence-electron chi connectivity index (χ0n) is 12.8. The van der Waals surface area contributed by atoms with E-state index in [1.165, 1.54) is 4.68 Å². The number of amides is 1. The lowest BCUT2D eigenvalue weighted by Crippen LogP contribution is -2.28. The van der Waals surface area contributed by atoms with Crippen LogP contribution in [0, 0.1) is 0 Å². The van der Waals surface area contributed by atoms with Crippen molar-refractivity contribution >= 4 is 5.91 Å². The second-order valence-electron chi connectivity index (χ2n) is 5.66. The molecule has 0 bridgehead atoms. The highest BCUT2D eigenvalue weighted by atomic mass is 19.4. The average Bonchev–Trinajstić information content (AvgIpc) is 2.84. The molecule has 0 spiro atoms. The van der Waals surface area contributed by atoms with Crippen molar-refractivity contribution in [2.24, 2.45) is 0 Å². The van der Waals surface area contributed by atoms with Gasteiger partial charge in [0.25, 0.3) is 0 Å². The summed E-state index contributed by atoms with van der Waals surface area (Å²) in [5, 5.41) is 6.50. The number of carbonyl (C=O) groups excluding carboxylic acids is 1. The van der Waals surface area contributed by atoms with Crippen LogP contribution in [0.4, 0.5) is 13.2 Å². The van der Waals surface area contributed by atoms with Crippen LogP contribution in [0.25, 0.3) is 0 Å². The molecule has 1 N–H and O–H groups in total. The first-order chi connectivity index (χ1) is 10.4. The van der Waals surface area contributed by atoms with Crippen molar-refractivity contribution < 1.29 is 18.0 Å². The van der Waals surface area contributed by atoms with Gasteiger partial charge in [0.15, 0.2) is 5.69 Å². The molecule has 0 saturated heterocycles. The lowest BCUT2D eigenvalue weighted by atomic mass is 9.95. The fourth-order valence-electron chi connectivity index (χ4n) is 2.81. The fraction of sp³-hybridized carbons (Fsp3) is 0.733. The molecular formula is C15H22F3N3O. The van der Waals surface area contributed by atoms with Crippen LogP contribution in [0.3, 0.4) is 0 Å². The molecule has 0 aromatic carbocycles. The summed E-state index contributed by atoms with van der Waals surface area (Å²) in [5.41, 5.74) is 0.275. The summed E-state index contributed by atoms with van der Waals surface area (Å²) in [6.07, 6.45) is 0.540. The molecule has 1 aromatic rings. The smallest absolute Gasteiger partial charge is 0.354 e. The highest BCUT2D eigenvalue weighted by molar-refractivity contribution is 5.75. The molecule has 0 atom stereocenters. The number of hydrogen-bond donors (Lipinski definition) is 1. The second-order valence-corrected chi connectivity index (χ2v) is 5.66. The number of aromatic nitrogens is 2. The molecule has 0 fully saturated rings. The third-order valence-electron chi connectivity index (χ3n) is 3.93. The normalized spacial score (nSPS) is 14.7. The molecule has 7 heteroatoms. The van der Waals surface area contributed by atoms with Gasteiger partial charge in [0.05, 0.1) is 6.54 Å². The fourth-order valence-corrected chi connectivity index (χ4v) is 2.81. The molecular weight excluding hydrogens is 295 g/mol. The summed E-state index contributed by atoms with van der Waals surface area (Å²) in [6, 6.07) is 0. The van der Waals surface area contributed by atoms with Crippen LogP contribution in [0.15, 0.2) is 0 Å². The molecule has 1 heterocycles. The van der Waals surface area contributed by atoms with Crippen LogP contribution in [0.1, 0.15) is 56.0 Å². The van der Waals surface area contributed by atoms with E-state index in [0.29, 0.717) is 37.1 Å². The van der Waals surface area contributed by atoms with Crippen LogP contribution < -0.4 is 5.32 Å². The molecule has 124 valence electrons. The largest absolute Gasteiger partial charge is 0.435 e. The highest BCUT2D eigenvalue weighted by Gasteiger charge is 2.39. The van der Waals surface area contributed by atoms with E-state index in [-0.39, 0.29) is 12.5 Å². The van der Waals surface area contributed by atoms with E-state index in [0.717, 1.165) is 25.7 Å². The van der Waals surface area contributed by atoms with Crippen LogP contribution in [0.2, 0.25) is 0 Å². The Morgan fingerprint density at radius 3 is 2.73 bits per heavy atom. The zero-order valence-corrected chi connectivity index (χ0v) is 12.8. The van der Waals surface area contributed by atoms with E-state index in [1.54, 1.807) is 0 Å². The maximum atomic E-state index is 13.0. The first-order valence-electron chi connectivity index (χ1n) is 7.86. The topological polar surface area (TPSA) is 46.9 Å². The summed E-state index contributed by atoms with van der Waals surface area (Å²) in [4.78, 5) is 11.5. The van der Waals surface area contributed by atoms with E-state index in [9.17, 15) is 18.0 Å². The van der Waals surface area contributed by atoms with E-state index >= 15 is 0 Å². The Hall–Kier alpha value is -1.53. The Balaban J connectivity index is 2.02. The van der Waals surface area contributed by atoms with Gasteiger partial charge >= 0.3 is 6.18 Å². The quantitative estimate of drug-likeness (QED) is 0.876. The molecule has 2 rings (SSSR count). The highest BCUT2D eigenvalue weighted by Crippen LogP contribution is 2.35. The van der Waals surface area contributed by atoms with Gasteiger partial charge in [-0.3, -0.25) is 9.48 Å². The number of hydrogen-bond acceptors (Lipinski definition) is 2. The van der Waals surface area contributed by atoms with Crippen LogP contribution >= 0.6 is 0 Å². The molecule has 22 heavy (non-hydrogen) atoms. The maximum Gasteiger partial charge on any atom is 0.435 e. The summed E-state index contributed by atoms with van der Waals surface area (Å²) >= 11 is 0. The third kappa shape index (κ3) is 4.01. The summed E-state index contributed by atoms with van der Waals surface area (Å²) in [6.45, 7) is 2.60. The third-order valence-corrected chi connectivity index (χ3v) is 3.93. The number of nitrogens with zero attached hydrogens (tertiary/aromatic N) is 2. The first kappa shape index (κ1) is 16.8. The van der Waals surface area contributed by atoms with Crippen molar-refractivity contribution in [2.45, 2.75) is 64.6 Å². The predicted molar refractivity (Wildman–Crippen MR) is 76.4 cm³/mol. The Bertz CT molecular complexity index is 523. The number of fused-ring (bicyclic) bond motifs is 1. The molecule has 0 radical (unpaired) electrons. The standard InChI is InChI=1S/C15H22F3N3O/c1-2-3-8-13(22)19-9-10-21-12-7-5-4-6-11(12)14(20-21)15(16,17)18/h2-10H2,1H3,(H,19,22). The van der Waals surface area contributed by atoms with Crippen molar-refractivity contribution in [3.8, 4) is 0 Å². The Kier molecular flexibility index (Phi) is 5.47. The lowest BCUT2D eigenvalue weighted by Gasteiger charge is -2.15. The maximum absolute atomic E-state index is 13.0. The van der Waals surface area contributed by atoms with Gasteiger partial charge in [-0.15, -0.1) is 0 Å². The van der Waals surface area contributed by atoms with Gasteiger partial charge in [0.2, 0.25) is 5.91 Å². The van der Waals surface area contributed by atoms with Crippen LogP contribution in [-0.4, -0.2) is 22.2 Å². The summed E-state index contributed by atoms with van der Waals surface area (Å²) in [5.74, 6) is -0.0566. The minimum atomic E-state index is -4.41. The Morgan fingerprint density at radius 1 is 1.32 bits per heavy atom. The number of halogens is 3. The monoisotopic (exact) mass is 317 g/mol. The summed E-state index contributed by atoms with van der Waals surface area (Å²) in [7, 11) is 0. The van der Waals surface area contributed by atoms with Gasteiger partial charge < -0.3 is 5.32 Å². The minimum Gasteiger partial charge on any atom is -0.354 e.